The topological polar surface area (TPSA) is 73.9 Å². The average Bonchev–Trinajstić information content (AvgIpc) is 2.65. The Kier molecular flexibility index (Phi) is 6.46. The molecule has 0 radical (unpaired) electrons. The second-order valence-electron chi connectivity index (χ2n) is 5.99. The van der Waals surface area contributed by atoms with Crippen molar-refractivity contribution in [2.45, 2.75) is 25.7 Å². The molecule has 1 saturated carbocycles. The van der Waals surface area contributed by atoms with Gasteiger partial charge in [0.2, 0.25) is 0 Å². The third-order valence-corrected chi connectivity index (χ3v) is 4.55. The maximum absolute atomic E-state index is 12.4. The predicted octanol–water partition coefficient (Wildman–Crippen LogP) is 2.41. The highest BCUT2D eigenvalue weighted by Crippen LogP contribution is 2.30. The molecule has 1 aromatic rings. The molecular formula is C18H25NO5. The monoisotopic (exact) mass is 335 g/mol. The standard InChI is InChI=1S/C18H25NO5/c1-22-14-8-13(9-15(10-14)23-2)17(20)19-11-12-6-4-5-7-16(12)18(21)24-3/h8-10,12,16H,4-7,11H2,1-3H3,(H,19,20). The van der Waals surface area contributed by atoms with Crippen LogP contribution in [0.2, 0.25) is 0 Å². The molecule has 0 spiro atoms. The summed E-state index contributed by atoms with van der Waals surface area (Å²) in [5.74, 6) is 0.708. The van der Waals surface area contributed by atoms with Crippen molar-refractivity contribution in [1.29, 1.82) is 0 Å². The second kappa shape index (κ2) is 8.57. The fourth-order valence-electron chi connectivity index (χ4n) is 3.18. The van der Waals surface area contributed by atoms with E-state index in [9.17, 15) is 9.59 Å². The Morgan fingerprint density at radius 3 is 2.25 bits per heavy atom. The van der Waals surface area contributed by atoms with Crippen LogP contribution in [0.15, 0.2) is 18.2 Å². The molecular weight excluding hydrogens is 310 g/mol. The molecule has 0 heterocycles. The molecule has 1 aliphatic carbocycles. The molecule has 6 heteroatoms. The predicted molar refractivity (Wildman–Crippen MR) is 89.3 cm³/mol. The Hall–Kier alpha value is -2.24. The van der Waals surface area contributed by atoms with Crippen molar-refractivity contribution in [2.24, 2.45) is 11.8 Å². The van der Waals surface area contributed by atoms with Gasteiger partial charge in [-0.25, -0.2) is 0 Å². The molecule has 1 aromatic carbocycles. The first-order chi connectivity index (χ1) is 11.6. The van der Waals surface area contributed by atoms with Crippen molar-refractivity contribution in [3.8, 4) is 11.5 Å². The van der Waals surface area contributed by atoms with Crippen LogP contribution in [0.4, 0.5) is 0 Å². The van der Waals surface area contributed by atoms with E-state index in [0.717, 1.165) is 25.7 Å². The summed E-state index contributed by atoms with van der Waals surface area (Å²) in [4.78, 5) is 24.3. The highest BCUT2D eigenvalue weighted by Gasteiger charge is 2.31. The largest absolute Gasteiger partial charge is 0.497 e. The van der Waals surface area contributed by atoms with Crippen LogP contribution in [0, 0.1) is 11.8 Å². The zero-order valence-corrected chi connectivity index (χ0v) is 14.5. The Morgan fingerprint density at radius 2 is 1.67 bits per heavy atom. The summed E-state index contributed by atoms with van der Waals surface area (Å²) in [7, 11) is 4.49. The molecule has 0 bridgehead atoms. The molecule has 1 aliphatic rings. The lowest BCUT2D eigenvalue weighted by molar-refractivity contribution is -0.148. The van der Waals surface area contributed by atoms with Crippen molar-refractivity contribution < 1.29 is 23.8 Å². The molecule has 2 rings (SSSR count). The minimum atomic E-state index is -0.207. The third-order valence-electron chi connectivity index (χ3n) is 4.55. The Morgan fingerprint density at radius 1 is 1.04 bits per heavy atom. The summed E-state index contributed by atoms with van der Waals surface area (Å²) in [5, 5.41) is 2.92. The molecule has 1 N–H and O–H groups in total. The highest BCUT2D eigenvalue weighted by atomic mass is 16.5. The number of rotatable bonds is 6. The summed E-state index contributed by atoms with van der Waals surface area (Å²) in [6.07, 6.45) is 3.83. The van der Waals surface area contributed by atoms with E-state index in [1.54, 1.807) is 32.4 Å². The Balaban J connectivity index is 2.02. The minimum Gasteiger partial charge on any atom is -0.497 e. The van der Waals surface area contributed by atoms with Gasteiger partial charge in [-0.2, -0.15) is 0 Å². The van der Waals surface area contributed by atoms with Crippen LogP contribution in [0.1, 0.15) is 36.0 Å². The summed E-state index contributed by atoms with van der Waals surface area (Å²) in [6.45, 7) is 0.456. The van der Waals surface area contributed by atoms with Gasteiger partial charge in [0.05, 0.1) is 27.2 Å². The lowest BCUT2D eigenvalue weighted by Gasteiger charge is -2.29. The van der Waals surface area contributed by atoms with E-state index in [2.05, 4.69) is 5.32 Å². The van der Waals surface area contributed by atoms with E-state index in [1.165, 1.54) is 7.11 Å². The minimum absolute atomic E-state index is 0.114. The first-order valence-corrected chi connectivity index (χ1v) is 8.18. The first-order valence-electron chi connectivity index (χ1n) is 8.18. The Bertz CT molecular complexity index is 565. The second-order valence-corrected chi connectivity index (χ2v) is 5.99. The SMILES string of the molecule is COC(=O)C1CCCCC1CNC(=O)c1cc(OC)cc(OC)c1. The van der Waals surface area contributed by atoms with E-state index in [4.69, 9.17) is 14.2 Å². The van der Waals surface area contributed by atoms with Crippen molar-refractivity contribution in [3.05, 3.63) is 23.8 Å². The lowest BCUT2D eigenvalue weighted by Crippen LogP contribution is -2.37. The molecule has 2 unspecified atom stereocenters. The normalized spacial score (nSPS) is 20.1. The number of ether oxygens (including phenoxy) is 3. The van der Waals surface area contributed by atoms with E-state index in [1.807, 2.05) is 0 Å². The summed E-state index contributed by atoms with van der Waals surface area (Å²) in [5.41, 5.74) is 0.469. The third kappa shape index (κ3) is 4.40. The molecule has 24 heavy (non-hydrogen) atoms. The summed E-state index contributed by atoms with van der Waals surface area (Å²) in [6, 6.07) is 5.04. The molecule has 132 valence electrons. The molecule has 0 aromatic heterocycles. The number of carbonyl (C=O) groups excluding carboxylic acids is 2. The first kappa shape index (κ1) is 18.1. The van der Waals surface area contributed by atoms with Crippen LogP contribution in [-0.2, 0) is 9.53 Å². The van der Waals surface area contributed by atoms with Crippen molar-refractivity contribution in [3.63, 3.8) is 0 Å². The molecule has 6 nitrogen and oxygen atoms in total. The van der Waals surface area contributed by atoms with Gasteiger partial charge in [0.25, 0.3) is 5.91 Å². The van der Waals surface area contributed by atoms with Gasteiger partial charge in [-0.15, -0.1) is 0 Å². The van der Waals surface area contributed by atoms with Crippen molar-refractivity contribution >= 4 is 11.9 Å². The fourth-order valence-corrected chi connectivity index (χ4v) is 3.18. The van der Waals surface area contributed by atoms with Crippen LogP contribution in [0.25, 0.3) is 0 Å². The maximum atomic E-state index is 12.4. The van der Waals surface area contributed by atoms with E-state index < -0.39 is 0 Å². The molecule has 1 fully saturated rings. The zero-order valence-electron chi connectivity index (χ0n) is 14.5. The number of carbonyl (C=O) groups is 2. The van der Waals surface area contributed by atoms with Gasteiger partial charge in [-0.3, -0.25) is 9.59 Å². The van der Waals surface area contributed by atoms with Crippen LogP contribution in [0.3, 0.4) is 0 Å². The number of esters is 1. The van der Waals surface area contributed by atoms with E-state index >= 15 is 0 Å². The summed E-state index contributed by atoms with van der Waals surface area (Å²) >= 11 is 0. The van der Waals surface area contributed by atoms with Gasteiger partial charge in [-0.05, 0) is 30.9 Å². The van der Waals surface area contributed by atoms with Gasteiger partial charge in [0.15, 0.2) is 0 Å². The van der Waals surface area contributed by atoms with E-state index in [-0.39, 0.29) is 23.7 Å². The van der Waals surface area contributed by atoms with E-state index in [0.29, 0.717) is 23.6 Å². The molecule has 0 aliphatic heterocycles. The highest BCUT2D eigenvalue weighted by molar-refractivity contribution is 5.95. The summed E-state index contributed by atoms with van der Waals surface area (Å²) < 4.78 is 15.3. The molecule has 2 atom stereocenters. The van der Waals surface area contributed by atoms with Crippen LogP contribution in [-0.4, -0.2) is 39.8 Å². The van der Waals surface area contributed by atoms with Crippen LogP contribution >= 0.6 is 0 Å². The number of hydrogen-bond donors (Lipinski definition) is 1. The number of amides is 1. The zero-order chi connectivity index (χ0) is 17.5. The number of methoxy groups -OCH3 is 3. The van der Waals surface area contributed by atoms with Gasteiger partial charge in [0, 0.05) is 18.2 Å². The quantitative estimate of drug-likeness (QED) is 0.808. The van der Waals surface area contributed by atoms with Crippen LogP contribution in [0.5, 0.6) is 11.5 Å². The van der Waals surface area contributed by atoms with Crippen molar-refractivity contribution in [1.82, 2.24) is 5.32 Å². The number of nitrogens with one attached hydrogen (secondary N) is 1. The van der Waals surface area contributed by atoms with Crippen LogP contribution < -0.4 is 14.8 Å². The van der Waals surface area contributed by atoms with Gasteiger partial charge in [-0.1, -0.05) is 12.8 Å². The fraction of sp³-hybridized carbons (Fsp3) is 0.556. The maximum Gasteiger partial charge on any atom is 0.309 e. The van der Waals surface area contributed by atoms with Crippen molar-refractivity contribution in [2.75, 3.05) is 27.9 Å². The smallest absolute Gasteiger partial charge is 0.309 e. The lowest BCUT2D eigenvalue weighted by atomic mass is 9.79. The van der Waals surface area contributed by atoms with Gasteiger partial charge in [0.1, 0.15) is 11.5 Å². The van der Waals surface area contributed by atoms with Gasteiger partial charge >= 0.3 is 5.97 Å². The van der Waals surface area contributed by atoms with Gasteiger partial charge < -0.3 is 19.5 Å². The molecule has 1 amide bonds. The number of hydrogen-bond acceptors (Lipinski definition) is 5. The average molecular weight is 335 g/mol. The molecule has 0 saturated heterocycles. The Labute approximate surface area is 142 Å². The number of benzene rings is 1.